The molecule has 0 fully saturated rings. The Bertz CT molecular complexity index is 1030. The fourth-order valence-electron chi connectivity index (χ4n) is 2.73. The fourth-order valence-corrected chi connectivity index (χ4v) is 2.73. The molecular formula is C17H14N6O2. The number of carbonyl (C=O) groups is 2. The average molecular weight is 334 g/mol. The highest BCUT2D eigenvalue weighted by Gasteiger charge is 2.34. The summed E-state index contributed by atoms with van der Waals surface area (Å²) in [4.78, 5) is 28.8. The molecule has 0 radical (unpaired) electrons. The first-order chi connectivity index (χ1) is 12.1. The molecule has 1 aliphatic rings. The van der Waals surface area contributed by atoms with E-state index >= 15 is 0 Å². The zero-order valence-corrected chi connectivity index (χ0v) is 13.3. The van der Waals surface area contributed by atoms with E-state index in [-0.39, 0.29) is 22.6 Å². The highest BCUT2D eigenvalue weighted by Crippen LogP contribution is 2.30. The number of imide groups is 1. The Hall–Kier alpha value is -3.68. The van der Waals surface area contributed by atoms with E-state index in [4.69, 9.17) is 5.73 Å². The topological polar surface area (TPSA) is 108 Å². The number of para-hydroxylation sites is 1. The molecule has 25 heavy (non-hydrogen) atoms. The molecular weight excluding hydrogens is 320 g/mol. The number of aryl methyl sites for hydroxylation is 1. The van der Waals surface area contributed by atoms with Crippen LogP contribution in [0.5, 0.6) is 0 Å². The Kier molecular flexibility index (Phi) is 3.24. The van der Waals surface area contributed by atoms with Crippen molar-refractivity contribution in [1.82, 2.24) is 24.6 Å². The zero-order chi connectivity index (χ0) is 17.6. The molecule has 2 amide bonds. The van der Waals surface area contributed by atoms with E-state index in [0.29, 0.717) is 11.5 Å². The summed E-state index contributed by atoms with van der Waals surface area (Å²) < 4.78 is 3.21. The maximum atomic E-state index is 12.3. The summed E-state index contributed by atoms with van der Waals surface area (Å²) in [5, 5.41) is 6.72. The summed E-state index contributed by atoms with van der Waals surface area (Å²) in [6, 6.07) is 9.18. The minimum absolute atomic E-state index is 0.178. The molecule has 4 rings (SSSR count). The number of fused-ring (bicyclic) bond motifs is 1. The van der Waals surface area contributed by atoms with Gasteiger partial charge in [0.1, 0.15) is 22.9 Å². The van der Waals surface area contributed by atoms with Gasteiger partial charge in [-0.15, -0.1) is 0 Å². The Balaban J connectivity index is 1.93. The van der Waals surface area contributed by atoms with Crippen LogP contribution in [0.1, 0.15) is 21.9 Å². The van der Waals surface area contributed by atoms with Crippen LogP contribution in [-0.2, 0) is 11.8 Å². The number of imidazole rings is 1. The molecule has 3 N–H and O–H groups in total. The van der Waals surface area contributed by atoms with Gasteiger partial charge in [0.25, 0.3) is 11.8 Å². The lowest BCUT2D eigenvalue weighted by molar-refractivity contribution is -0.114. The van der Waals surface area contributed by atoms with Crippen LogP contribution in [0.3, 0.4) is 0 Å². The van der Waals surface area contributed by atoms with Crippen molar-refractivity contribution in [3.05, 3.63) is 59.8 Å². The number of amides is 2. The van der Waals surface area contributed by atoms with Crippen LogP contribution in [0, 0.1) is 0 Å². The largest absolute Gasteiger partial charge is 0.383 e. The second-order valence-electron chi connectivity index (χ2n) is 5.59. The Morgan fingerprint density at radius 2 is 1.92 bits per heavy atom. The van der Waals surface area contributed by atoms with Crippen molar-refractivity contribution in [2.45, 2.75) is 0 Å². The van der Waals surface area contributed by atoms with E-state index in [0.717, 1.165) is 0 Å². The van der Waals surface area contributed by atoms with Gasteiger partial charge in [0.2, 0.25) is 0 Å². The summed E-state index contributed by atoms with van der Waals surface area (Å²) in [5.41, 5.74) is 7.51. The monoisotopic (exact) mass is 334 g/mol. The van der Waals surface area contributed by atoms with Gasteiger partial charge in [-0.2, -0.15) is 5.10 Å². The average Bonchev–Trinajstić information content (AvgIpc) is 3.16. The van der Waals surface area contributed by atoms with E-state index < -0.39 is 11.8 Å². The van der Waals surface area contributed by atoms with Gasteiger partial charge in [-0.25, -0.2) is 9.67 Å². The number of nitrogens with one attached hydrogen (secondary N) is 1. The summed E-state index contributed by atoms with van der Waals surface area (Å²) in [6.45, 7) is 0. The van der Waals surface area contributed by atoms with E-state index in [1.807, 2.05) is 37.4 Å². The highest BCUT2D eigenvalue weighted by molar-refractivity contribution is 6.34. The van der Waals surface area contributed by atoms with Crippen molar-refractivity contribution in [2.75, 3.05) is 5.73 Å². The number of hydrogen-bond acceptors (Lipinski definition) is 5. The molecule has 0 saturated carbocycles. The molecule has 3 aromatic rings. The zero-order valence-electron chi connectivity index (χ0n) is 13.3. The number of rotatable bonds is 2. The molecule has 0 saturated heterocycles. The number of carbonyl (C=O) groups excluding carboxylic acids is 2. The second kappa shape index (κ2) is 5.45. The van der Waals surface area contributed by atoms with E-state index in [1.54, 1.807) is 23.0 Å². The minimum atomic E-state index is -0.559. The SMILES string of the molecule is Cn1ccnc1/C=C1/C(=O)NC(=O)c2c1nn(-c1ccccc1)c2N. The van der Waals surface area contributed by atoms with Crippen molar-refractivity contribution < 1.29 is 9.59 Å². The van der Waals surface area contributed by atoms with E-state index in [2.05, 4.69) is 15.4 Å². The van der Waals surface area contributed by atoms with Gasteiger partial charge in [0.05, 0.1) is 11.3 Å². The standard InChI is InChI=1S/C17H14N6O2/c1-22-8-7-19-12(22)9-11-14-13(17(25)20-16(11)24)15(18)23(21-14)10-5-3-2-4-6-10/h2-9H,18H2,1H3,(H,20,24,25)/b11-9+. The van der Waals surface area contributed by atoms with Crippen molar-refractivity contribution in [2.24, 2.45) is 7.05 Å². The third-order valence-corrected chi connectivity index (χ3v) is 4.01. The molecule has 1 aromatic carbocycles. The van der Waals surface area contributed by atoms with Gasteiger partial charge in [-0.3, -0.25) is 14.9 Å². The lowest BCUT2D eigenvalue weighted by Gasteiger charge is -2.13. The number of anilines is 1. The molecule has 124 valence electrons. The van der Waals surface area contributed by atoms with Crippen LogP contribution in [0.2, 0.25) is 0 Å². The highest BCUT2D eigenvalue weighted by atomic mass is 16.2. The maximum Gasteiger partial charge on any atom is 0.264 e. The lowest BCUT2D eigenvalue weighted by Crippen LogP contribution is -2.36. The van der Waals surface area contributed by atoms with Crippen LogP contribution in [-0.4, -0.2) is 31.1 Å². The van der Waals surface area contributed by atoms with Gasteiger partial charge >= 0.3 is 0 Å². The third kappa shape index (κ3) is 2.31. The summed E-state index contributed by atoms with van der Waals surface area (Å²) in [5.74, 6) is -0.342. The van der Waals surface area contributed by atoms with Crippen LogP contribution in [0.25, 0.3) is 17.3 Å². The lowest BCUT2D eigenvalue weighted by atomic mass is 10.0. The van der Waals surface area contributed by atoms with Crippen LogP contribution in [0.15, 0.2) is 42.7 Å². The Labute approximate surface area is 142 Å². The molecule has 0 spiro atoms. The predicted octanol–water partition coefficient (Wildman–Crippen LogP) is 0.999. The molecule has 3 heterocycles. The Morgan fingerprint density at radius 1 is 1.16 bits per heavy atom. The first-order valence-corrected chi connectivity index (χ1v) is 7.55. The van der Waals surface area contributed by atoms with E-state index in [1.165, 1.54) is 4.68 Å². The maximum absolute atomic E-state index is 12.3. The van der Waals surface area contributed by atoms with Crippen LogP contribution >= 0.6 is 0 Å². The van der Waals surface area contributed by atoms with Crippen molar-refractivity contribution in [3.63, 3.8) is 0 Å². The van der Waals surface area contributed by atoms with Crippen LogP contribution < -0.4 is 11.1 Å². The summed E-state index contributed by atoms with van der Waals surface area (Å²) >= 11 is 0. The molecule has 8 heteroatoms. The van der Waals surface area contributed by atoms with Gasteiger partial charge < -0.3 is 10.3 Å². The third-order valence-electron chi connectivity index (χ3n) is 4.01. The number of benzene rings is 1. The predicted molar refractivity (Wildman–Crippen MR) is 91.5 cm³/mol. The summed E-state index contributed by atoms with van der Waals surface area (Å²) in [6.07, 6.45) is 4.97. The molecule has 0 atom stereocenters. The molecule has 0 bridgehead atoms. The second-order valence-corrected chi connectivity index (χ2v) is 5.59. The Morgan fingerprint density at radius 3 is 2.60 bits per heavy atom. The molecule has 0 unspecified atom stereocenters. The number of nitrogens with two attached hydrogens (primary N) is 1. The number of nitrogen functional groups attached to an aromatic ring is 1. The van der Waals surface area contributed by atoms with Gasteiger partial charge in [-0.05, 0) is 18.2 Å². The first kappa shape index (κ1) is 14.9. The van der Waals surface area contributed by atoms with Crippen LogP contribution in [0.4, 0.5) is 5.82 Å². The number of aromatic nitrogens is 4. The van der Waals surface area contributed by atoms with Gasteiger partial charge in [0.15, 0.2) is 0 Å². The first-order valence-electron chi connectivity index (χ1n) is 7.55. The minimum Gasteiger partial charge on any atom is -0.383 e. The summed E-state index contributed by atoms with van der Waals surface area (Å²) in [7, 11) is 1.81. The normalized spacial score (nSPS) is 15.3. The smallest absolute Gasteiger partial charge is 0.264 e. The molecule has 0 aliphatic carbocycles. The van der Waals surface area contributed by atoms with Crippen molar-refractivity contribution >= 4 is 29.3 Å². The molecule has 8 nitrogen and oxygen atoms in total. The quantitative estimate of drug-likeness (QED) is 0.537. The number of nitrogens with zero attached hydrogens (tertiary/aromatic N) is 4. The van der Waals surface area contributed by atoms with Crippen molar-refractivity contribution in [1.29, 1.82) is 0 Å². The fraction of sp³-hybridized carbons (Fsp3) is 0.0588. The van der Waals surface area contributed by atoms with Gasteiger partial charge in [-0.1, -0.05) is 18.2 Å². The number of hydrogen-bond donors (Lipinski definition) is 2. The van der Waals surface area contributed by atoms with E-state index in [9.17, 15) is 9.59 Å². The van der Waals surface area contributed by atoms with Crippen molar-refractivity contribution in [3.8, 4) is 5.69 Å². The molecule has 2 aromatic heterocycles. The molecule has 1 aliphatic heterocycles. The van der Waals surface area contributed by atoms with Gasteiger partial charge in [0, 0.05) is 19.4 Å².